The van der Waals surface area contributed by atoms with Gasteiger partial charge in [0, 0.05) is 24.6 Å². The van der Waals surface area contributed by atoms with Gasteiger partial charge < -0.3 is 31.3 Å². The molecule has 0 aromatic heterocycles. The number of rotatable bonds is 11. The van der Waals surface area contributed by atoms with Crippen LogP contribution in [0.1, 0.15) is 50.2 Å². The summed E-state index contributed by atoms with van der Waals surface area (Å²) >= 11 is 0. The molecule has 1 heterocycles. The molecule has 1 saturated heterocycles. The molecule has 0 saturated carbocycles. The summed E-state index contributed by atoms with van der Waals surface area (Å²) in [5.41, 5.74) is 11.5. The van der Waals surface area contributed by atoms with Gasteiger partial charge in [-0.15, -0.1) is 0 Å². The lowest BCUT2D eigenvalue weighted by molar-refractivity contribution is -0.145. The van der Waals surface area contributed by atoms with E-state index in [1.165, 1.54) is 6.07 Å². The molecule has 202 valence electrons. The highest BCUT2D eigenvalue weighted by Crippen LogP contribution is 2.44. The van der Waals surface area contributed by atoms with Crippen molar-refractivity contribution in [1.82, 2.24) is 4.90 Å². The van der Waals surface area contributed by atoms with Crippen LogP contribution in [0.2, 0.25) is 0 Å². The number of amides is 2. The lowest BCUT2D eigenvalue weighted by atomic mass is 9.72. The summed E-state index contributed by atoms with van der Waals surface area (Å²) in [4.78, 5) is 25.5. The van der Waals surface area contributed by atoms with Gasteiger partial charge >= 0.3 is 6.09 Å². The fourth-order valence-electron chi connectivity index (χ4n) is 5.26. The highest BCUT2D eigenvalue weighted by Gasteiger charge is 2.43. The van der Waals surface area contributed by atoms with Gasteiger partial charge in [-0.3, -0.25) is 4.79 Å². The quantitative estimate of drug-likeness (QED) is 0.339. The molecule has 8 nitrogen and oxygen atoms in total. The van der Waals surface area contributed by atoms with Crippen molar-refractivity contribution in [3.63, 3.8) is 0 Å². The van der Waals surface area contributed by atoms with Gasteiger partial charge in [-0.1, -0.05) is 43.3 Å². The molecule has 2 amide bonds. The van der Waals surface area contributed by atoms with Crippen LogP contribution >= 0.6 is 0 Å². The molecule has 1 fully saturated rings. The van der Waals surface area contributed by atoms with Crippen LogP contribution in [0, 0.1) is 11.7 Å². The van der Waals surface area contributed by atoms with Crippen LogP contribution in [0.3, 0.4) is 0 Å². The lowest BCUT2D eigenvalue weighted by Crippen LogP contribution is -2.51. The first kappa shape index (κ1) is 28.6. The number of halogens is 1. The minimum Gasteiger partial charge on any atom is -0.450 e. The molecule has 1 aliphatic rings. The van der Waals surface area contributed by atoms with E-state index in [0.29, 0.717) is 36.1 Å². The van der Waals surface area contributed by atoms with Crippen molar-refractivity contribution in [3.8, 4) is 11.1 Å². The van der Waals surface area contributed by atoms with Gasteiger partial charge in [0.05, 0.1) is 12.2 Å². The number of nitrogens with zero attached hydrogens (tertiary/aromatic N) is 1. The summed E-state index contributed by atoms with van der Waals surface area (Å²) in [5, 5.41) is 22.6. The van der Waals surface area contributed by atoms with Crippen molar-refractivity contribution in [2.75, 3.05) is 26.2 Å². The van der Waals surface area contributed by atoms with Gasteiger partial charge in [-0.05, 0) is 67.8 Å². The molecular formula is C28H38FN3O5. The first-order valence-corrected chi connectivity index (χ1v) is 12.9. The minimum absolute atomic E-state index is 0.00179. The van der Waals surface area contributed by atoms with Gasteiger partial charge in [0.25, 0.3) is 5.91 Å². The van der Waals surface area contributed by atoms with Crippen molar-refractivity contribution in [2.45, 2.75) is 57.2 Å². The fraction of sp³-hybridized carbons (Fsp3) is 0.500. The Kier molecular flexibility index (Phi) is 10.0. The predicted molar refractivity (Wildman–Crippen MR) is 139 cm³/mol. The number of ether oxygens (including phenoxy) is 1. The Morgan fingerprint density at radius 3 is 2.73 bits per heavy atom. The maximum absolute atomic E-state index is 15.5. The Hall–Kier alpha value is -3.01. The van der Waals surface area contributed by atoms with Gasteiger partial charge in [0.2, 0.25) is 0 Å². The Morgan fingerprint density at radius 1 is 1.27 bits per heavy atom. The number of piperidine rings is 1. The summed E-state index contributed by atoms with van der Waals surface area (Å²) in [7, 11) is 0. The number of hydrogen-bond donors (Lipinski definition) is 4. The van der Waals surface area contributed by atoms with Crippen molar-refractivity contribution in [1.29, 1.82) is 0 Å². The van der Waals surface area contributed by atoms with Crippen LogP contribution in [0.25, 0.3) is 11.1 Å². The number of likely N-dealkylation sites (tertiary alicyclic amines) is 1. The van der Waals surface area contributed by atoms with Crippen LogP contribution in [0.4, 0.5) is 9.18 Å². The number of aliphatic hydroxyl groups excluding tert-OH is 1. The van der Waals surface area contributed by atoms with Crippen molar-refractivity contribution < 1.29 is 28.9 Å². The van der Waals surface area contributed by atoms with E-state index in [1.54, 1.807) is 17.0 Å². The zero-order valence-corrected chi connectivity index (χ0v) is 21.4. The third kappa shape index (κ3) is 6.85. The van der Waals surface area contributed by atoms with Crippen molar-refractivity contribution in [3.05, 3.63) is 59.4 Å². The number of primary amides is 1. The normalized spacial score (nSPS) is 18.2. The van der Waals surface area contributed by atoms with Crippen LogP contribution in [-0.4, -0.2) is 59.5 Å². The minimum atomic E-state index is -1.54. The first-order valence-electron chi connectivity index (χ1n) is 12.9. The number of aliphatic hydroxyl groups is 2. The molecule has 6 N–H and O–H groups in total. The van der Waals surface area contributed by atoms with E-state index >= 15 is 4.39 Å². The van der Waals surface area contributed by atoms with Crippen LogP contribution in [-0.2, 0) is 21.6 Å². The van der Waals surface area contributed by atoms with E-state index in [4.69, 9.17) is 16.2 Å². The number of hydrogen-bond acceptors (Lipinski definition) is 6. The summed E-state index contributed by atoms with van der Waals surface area (Å²) in [6, 6.07) is 12.2. The van der Waals surface area contributed by atoms with Gasteiger partial charge in [-0.2, -0.15) is 0 Å². The third-order valence-electron chi connectivity index (χ3n) is 7.18. The second-order valence-corrected chi connectivity index (χ2v) is 9.63. The molecule has 37 heavy (non-hydrogen) atoms. The van der Waals surface area contributed by atoms with E-state index in [0.717, 1.165) is 12.0 Å². The predicted octanol–water partition coefficient (Wildman–Crippen LogP) is 3.07. The van der Waals surface area contributed by atoms with Crippen molar-refractivity contribution >= 4 is 12.0 Å². The molecule has 0 radical (unpaired) electrons. The second-order valence-electron chi connectivity index (χ2n) is 9.63. The third-order valence-corrected chi connectivity index (χ3v) is 7.18. The lowest BCUT2D eigenvalue weighted by Gasteiger charge is -2.44. The SMILES string of the molecule is CCc1cccc(-c2c(F)cccc2C(O)(CCCOC(N)=O)C2CCCN(C(=O)C(O)CCN)C2)c1. The number of carbonyl (C=O) groups excluding carboxylic acids is 2. The molecule has 2 aromatic rings. The average Bonchev–Trinajstić information content (AvgIpc) is 2.90. The van der Waals surface area contributed by atoms with Gasteiger partial charge in [-0.25, -0.2) is 9.18 Å². The Balaban J connectivity index is 2.03. The van der Waals surface area contributed by atoms with Gasteiger partial charge in [0.15, 0.2) is 0 Å². The smallest absolute Gasteiger partial charge is 0.404 e. The molecule has 3 unspecified atom stereocenters. The second kappa shape index (κ2) is 13.0. The zero-order chi connectivity index (χ0) is 27.0. The average molecular weight is 516 g/mol. The molecule has 2 aromatic carbocycles. The summed E-state index contributed by atoms with van der Waals surface area (Å²) in [5.74, 6) is -1.33. The van der Waals surface area contributed by atoms with Crippen molar-refractivity contribution in [2.24, 2.45) is 17.4 Å². The number of carbonyl (C=O) groups is 2. The highest BCUT2D eigenvalue weighted by molar-refractivity contribution is 5.80. The zero-order valence-electron chi connectivity index (χ0n) is 21.4. The Morgan fingerprint density at radius 2 is 2.03 bits per heavy atom. The molecular weight excluding hydrogens is 477 g/mol. The largest absolute Gasteiger partial charge is 0.450 e. The Bertz CT molecular complexity index is 1080. The van der Waals surface area contributed by atoms with E-state index in [2.05, 4.69) is 0 Å². The summed E-state index contributed by atoms with van der Waals surface area (Å²) in [6.45, 7) is 2.84. The van der Waals surface area contributed by atoms with Crippen LogP contribution in [0.15, 0.2) is 42.5 Å². The number of aryl methyl sites for hydroxylation is 1. The molecule has 0 aliphatic carbocycles. The maximum Gasteiger partial charge on any atom is 0.404 e. The first-order chi connectivity index (χ1) is 17.7. The topological polar surface area (TPSA) is 139 Å². The molecule has 0 spiro atoms. The molecule has 1 aliphatic heterocycles. The fourth-order valence-corrected chi connectivity index (χ4v) is 5.26. The standard InChI is InChI=1S/C28H38FN3O5/c1-2-19-7-3-8-20(17-19)25-22(10-4-11-23(25)29)28(36,13-6-16-37-27(31)35)21-9-5-15-32(18-21)26(34)24(33)12-14-30/h3-4,7-8,10-11,17,21,24,33,36H,2,5-6,9,12-16,18,30H2,1H3,(H2,31,35). The summed E-state index contributed by atoms with van der Waals surface area (Å²) < 4.78 is 20.3. The molecule has 0 bridgehead atoms. The van der Waals surface area contributed by atoms with Crippen LogP contribution < -0.4 is 11.5 Å². The molecule has 9 heteroatoms. The van der Waals surface area contributed by atoms with E-state index in [9.17, 15) is 19.8 Å². The number of benzene rings is 2. The van der Waals surface area contributed by atoms with E-state index in [-0.39, 0.29) is 39.0 Å². The van der Waals surface area contributed by atoms with Gasteiger partial charge in [0.1, 0.15) is 11.9 Å². The Labute approximate surface area is 217 Å². The number of nitrogens with two attached hydrogens (primary N) is 2. The maximum atomic E-state index is 15.5. The summed E-state index contributed by atoms with van der Waals surface area (Å²) in [6.07, 6.45) is 0.453. The molecule has 3 rings (SSSR count). The van der Waals surface area contributed by atoms with Crippen LogP contribution in [0.5, 0.6) is 0 Å². The van der Waals surface area contributed by atoms with E-state index in [1.807, 2.05) is 31.2 Å². The molecule has 3 atom stereocenters. The monoisotopic (exact) mass is 515 g/mol. The highest BCUT2D eigenvalue weighted by atomic mass is 19.1. The van der Waals surface area contributed by atoms with E-state index < -0.39 is 35.4 Å².